The highest BCUT2D eigenvalue weighted by Gasteiger charge is 2.08. The summed E-state index contributed by atoms with van der Waals surface area (Å²) in [6.07, 6.45) is 0. The van der Waals surface area contributed by atoms with Crippen molar-refractivity contribution < 1.29 is 14.3 Å². The van der Waals surface area contributed by atoms with Gasteiger partial charge < -0.3 is 10.4 Å². The van der Waals surface area contributed by atoms with Gasteiger partial charge in [-0.05, 0) is 42.5 Å². The van der Waals surface area contributed by atoms with Crippen LogP contribution in [0.15, 0.2) is 42.5 Å². The third-order valence-corrected chi connectivity index (χ3v) is 2.95. The number of benzene rings is 2. The van der Waals surface area contributed by atoms with Gasteiger partial charge in [-0.3, -0.25) is 4.79 Å². The van der Waals surface area contributed by atoms with E-state index in [1.165, 1.54) is 12.1 Å². The first kappa shape index (κ1) is 15.0. The predicted molar refractivity (Wildman–Crippen MR) is 79.8 cm³/mol. The van der Waals surface area contributed by atoms with Gasteiger partial charge in [0.2, 0.25) is 0 Å². The molecule has 0 bridgehead atoms. The van der Waals surface area contributed by atoms with Crippen LogP contribution >= 0.6 is 11.6 Å². The average Bonchev–Trinajstić information content (AvgIpc) is 2.48. The lowest BCUT2D eigenvalue weighted by Gasteiger charge is -2.07. The molecule has 0 unspecified atom stereocenters. The van der Waals surface area contributed by atoms with E-state index in [9.17, 15) is 9.18 Å². The molecule has 2 rings (SSSR count). The fourth-order valence-electron chi connectivity index (χ4n) is 1.63. The first-order valence-electron chi connectivity index (χ1n) is 6.06. The molecule has 3 nitrogen and oxygen atoms in total. The van der Waals surface area contributed by atoms with Gasteiger partial charge in [0, 0.05) is 11.1 Å². The molecule has 0 aliphatic carbocycles. The van der Waals surface area contributed by atoms with Gasteiger partial charge in [-0.25, -0.2) is 4.39 Å². The van der Waals surface area contributed by atoms with E-state index >= 15 is 0 Å². The van der Waals surface area contributed by atoms with E-state index in [4.69, 9.17) is 16.7 Å². The fraction of sp³-hybridized carbons (Fsp3) is 0.0625. The monoisotopic (exact) mass is 303 g/mol. The van der Waals surface area contributed by atoms with Crippen LogP contribution in [-0.4, -0.2) is 17.6 Å². The number of halogens is 2. The molecule has 21 heavy (non-hydrogen) atoms. The van der Waals surface area contributed by atoms with Crippen molar-refractivity contribution in [3.63, 3.8) is 0 Å². The standard InChI is InChI=1S/C16H11ClFNO2/c17-14-10-13(18)7-8-15(14)19-16(21)12-5-3-11(4-6-12)2-1-9-20/h3-8,10,20H,9H2,(H,19,21). The second-order valence-corrected chi connectivity index (χ2v) is 4.52. The van der Waals surface area contributed by atoms with E-state index in [2.05, 4.69) is 17.2 Å². The number of aliphatic hydroxyl groups is 1. The molecule has 0 aromatic heterocycles. The Morgan fingerprint density at radius 1 is 1.24 bits per heavy atom. The second kappa shape index (κ2) is 6.89. The summed E-state index contributed by atoms with van der Waals surface area (Å²) < 4.78 is 12.9. The summed E-state index contributed by atoms with van der Waals surface area (Å²) in [7, 11) is 0. The molecular formula is C16H11ClFNO2. The number of anilines is 1. The topological polar surface area (TPSA) is 49.3 Å². The van der Waals surface area contributed by atoms with Gasteiger partial charge in [0.15, 0.2) is 0 Å². The highest BCUT2D eigenvalue weighted by molar-refractivity contribution is 6.33. The Balaban J connectivity index is 2.13. The number of amides is 1. The maximum atomic E-state index is 12.9. The van der Waals surface area contributed by atoms with E-state index < -0.39 is 5.82 Å². The number of hydrogen-bond acceptors (Lipinski definition) is 2. The largest absolute Gasteiger partial charge is 0.384 e. The Labute approximate surface area is 126 Å². The Morgan fingerprint density at radius 2 is 1.95 bits per heavy atom. The van der Waals surface area contributed by atoms with E-state index in [-0.39, 0.29) is 17.5 Å². The van der Waals surface area contributed by atoms with Crippen LogP contribution < -0.4 is 5.32 Å². The SMILES string of the molecule is O=C(Nc1ccc(F)cc1Cl)c1ccc(C#CCO)cc1. The van der Waals surface area contributed by atoms with Crippen LogP contribution in [-0.2, 0) is 0 Å². The van der Waals surface area contributed by atoms with Crippen LogP contribution in [0.25, 0.3) is 0 Å². The van der Waals surface area contributed by atoms with Crippen LogP contribution in [0.4, 0.5) is 10.1 Å². The Morgan fingerprint density at radius 3 is 2.57 bits per heavy atom. The zero-order valence-electron chi connectivity index (χ0n) is 10.9. The number of aliphatic hydroxyl groups excluding tert-OH is 1. The Kier molecular flexibility index (Phi) is 4.94. The third kappa shape index (κ3) is 4.06. The summed E-state index contributed by atoms with van der Waals surface area (Å²) in [6.45, 7) is -0.217. The molecule has 0 radical (unpaired) electrons. The van der Waals surface area contributed by atoms with Gasteiger partial charge in [0.25, 0.3) is 5.91 Å². The van der Waals surface area contributed by atoms with Crippen LogP contribution in [0.5, 0.6) is 0 Å². The summed E-state index contributed by atoms with van der Waals surface area (Å²) in [6, 6.07) is 10.3. The van der Waals surface area contributed by atoms with Gasteiger partial charge >= 0.3 is 0 Å². The molecule has 0 heterocycles. The van der Waals surface area contributed by atoms with Crippen molar-refractivity contribution in [2.24, 2.45) is 0 Å². The maximum absolute atomic E-state index is 12.9. The second-order valence-electron chi connectivity index (χ2n) is 4.12. The number of rotatable bonds is 2. The molecular weight excluding hydrogens is 293 g/mol. The van der Waals surface area contributed by atoms with E-state index in [0.717, 1.165) is 6.07 Å². The van der Waals surface area contributed by atoms with Crippen LogP contribution in [0.2, 0.25) is 5.02 Å². The molecule has 2 aromatic carbocycles. The van der Waals surface area contributed by atoms with Crippen molar-refractivity contribution in [3.05, 3.63) is 64.4 Å². The van der Waals surface area contributed by atoms with Crippen LogP contribution in [0, 0.1) is 17.7 Å². The van der Waals surface area contributed by atoms with Gasteiger partial charge in [-0.15, -0.1) is 0 Å². The minimum Gasteiger partial charge on any atom is -0.384 e. The quantitative estimate of drug-likeness (QED) is 0.838. The fourth-order valence-corrected chi connectivity index (χ4v) is 1.85. The van der Waals surface area contributed by atoms with E-state index in [0.29, 0.717) is 16.8 Å². The molecule has 2 N–H and O–H groups in total. The van der Waals surface area contributed by atoms with E-state index in [1.807, 2.05) is 0 Å². The number of carbonyl (C=O) groups is 1. The minimum absolute atomic E-state index is 0.133. The van der Waals surface area contributed by atoms with Crippen molar-refractivity contribution in [2.45, 2.75) is 0 Å². The first-order chi connectivity index (χ1) is 10.1. The summed E-state index contributed by atoms with van der Waals surface area (Å²) >= 11 is 5.85. The molecule has 0 saturated heterocycles. The normalized spacial score (nSPS) is 9.67. The van der Waals surface area contributed by atoms with Crippen molar-refractivity contribution in [2.75, 3.05) is 11.9 Å². The summed E-state index contributed by atoms with van der Waals surface area (Å²) in [5, 5.41) is 11.3. The zero-order valence-corrected chi connectivity index (χ0v) is 11.6. The molecule has 0 fully saturated rings. The molecule has 2 aromatic rings. The minimum atomic E-state index is -0.468. The van der Waals surface area contributed by atoms with Gasteiger partial charge in [0.1, 0.15) is 12.4 Å². The predicted octanol–water partition coefficient (Wildman–Crippen LogP) is 3.08. The molecule has 0 spiro atoms. The van der Waals surface area contributed by atoms with Crippen molar-refractivity contribution in [1.29, 1.82) is 0 Å². The number of carbonyl (C=O) groups excluding carboxylic acids is 1. The van der Waals surface area contributed by atoms with Crippen molar-refractivity contribution in [1.82, 2.24) is 0 Å². The maximum Gasteiger partial charge on any atom is 0.255 e. The van der Waals surface area contributed by atoms with Crippen LogP contribution in [0.3, 0.4) is 0 Å². The molecule has 0 aliphatic rings. The van der Waals surface area contributed by atoms with Gasteiger partial charge in [0.05, 0.1) is 10.7 Å². The molecule has 0 aliphatic heterocycles. The smallest absolute Gasteiger partial charge is 0.255 e. The molecule has 106 valence electrons. The van der Waals surface area contributed by atoms with Crippen molar-refractivity contribution in [3.8, 4) is 11.8 Å². The average molecular weight is 304 g/mol. The number of hydrogen-bond donors (Lipinski definition) is 2. The molecule has 0 saturated carbocycles. The molecule has 5 heteroatoms. The summed E-state index contributed by atoms with van der Waals surface area (Å²) in [4.78, 5) is 12.0. The highest BCUT2D eigenvalue weighted by Crippen LogP contribution is 2.23. The third-order valence-electron chi connectivity index (χ3n) is 2.64. The van der Waals surface area contributed by atoms with E-state index in [1.54, 1.807) is 24.3 Å². The lowest BCUT2D eigenvalue weighted by Crippen LogP contribution is -2.12. The zero-order chi connectivity index (χ0) is 15.2. The Hall–Kier alpha value is -2.35. The summed E-state index contributed by atoms with van der Waals surface area (Å²) in [5.41, 5.74) is 1.46. The molecule has 0 atom stereocenters. The van der Waals surface area contributed by atoms with Crippen LogP contribution in [0.1, 0.15) is 15.9 Å². The highest BCUT2D eigenvalue weighted by atomic mass is 35.5. The lowest BCUT2D eigenvalue weighted by atomic mass is 10.1. The lowest BCUT2D eigenvalue weighted by molar-refractivity contribution is 0.102. The molecule has 1 amide bonds. The first-order valence-corrected chi connectivity index (χ1v) is 6.44. The summed E-state index contributed by atoms with van der Waals surface area (Å²) in [5.74, 6) is 4.42. The van der Waals surface area contributed by atoms with Gasteiger partial charge in [-0.2, -0.15) is 0 Å². The van der Waals surface area contributed by atoms with Crippen molar-refractivity contribution >= 4 is 23.2 Å². The number of nitrogens with one attached hydrogen (secondary N) is 1. The van der Waals surface area contributed by atoms with Gasteiger partial charge in [-0.1, -0.05) is 23.4 Å². The Bertz CT molecular complexity index is 717.